The molecular formula is C14H24O3. The minimum atomic E-state index is -0.200. The van der Waals surface area contributed by atoms with Crippen LogP contribution in [-0.2, 0) is 14.3 Å². The molecule has 3 atom stereocenters. The summed E-state index contributed by atoms with van der Waals surface area (Å²) >= 11 is 0. The van der Waals surface area contributed by atoms with Crippen LogP contribution in [0.3, 0.4) is 0 Å². The van der Waals surface area contributed by atoms with E-state index in [9.17, 15) is 4.79 Å². The minimum Gasteiger partial charge on any atom is -0.457 e. The zero-order valence-corrected chi connectivity index (χ0v) is 10.8. The predicted molar refractivity (Wildman–Crippen MR) is 65.8 cm³/mol. The lowest BCUT2D eigenvalue weighted by atomic mass is 10.0. The Kier molecular flexibility index (Phi) is 4.84. The van der Waals surface area contributed by atoms with Gasteiger partial charge in [-0.05, 0) is 12.8 Å². The van der Waals surface area contributed by atoms with Crippen molar-refractivity contribution in [3.63, 3.8) is 0 Å². The third kappa shape index (κ3) is 3.70. The molecule has 0 unspecified atom stereocenters. The fourth-order valence-electron chi connectivity index (χ4n) is 2.58. The Morgan fingerprint density at radius 2 is 1.65 bits per heavy atom. The van der Waals surface area contributed by atoms with Gasteiger partial charge in [0.05, 0.1) is 0 Å². The van der Waals surface area contributed by atoms with E-state index in [1.807, 2.05) is 0 Å². The third-order valence-corrected chi connectivity index (χ3v) is 3.73. The molecule has 0 radical (unpaired) electrons. The standard InChI is InChI=1S/C14H24O3/c1-2-3-4-5-6-7-8-9-10-11-12-13(17-12)14(15)16-11/h11-13H,2-10H2,1H3/t11-,12-,13-/m0/s1. The van der Waals surface area contributed by atoms with Crippen LogP contribution in [0.4, 0.5) is 0 Å². The number of carbonyl (C=O) groups is 1. The first kappa shape index (κ1) is 12.9. The molecule has 98 valence electrons. The van der Waals surface area contributed by atoms with Crippen LogP contribution in [0.15, 0.2) is 0 Å². The summed E-state index contributed by atoms with van der Waals surface area (Å²) in [5.74, 6) is -0.139. The van der Waals surface area contributed by atoms with Crippen molar-refractivity contribution < 1.29 is 14.3 Å². The van der Waals surface area contributed by atoms with Crippen molar-refractivity contribution in [1.29, 1.82) is 0 Å². The fraction of sp³-hybridized carbons (Fsp3) is 0.929. The van der Waals surface area contributed by atoms with Crippen molar-refractivity contribution in [2.24, 2.45) is 0 Å². The Hall–Kier alpha value is -0.570. The second-order valence-corrected chi connectivity index (χ2v) is 5.26. The summed E-state index contributed by atoms with van der Waals surface area (Å²) in [5.41, 5.74) is 0. The van der Waals surface area contributed by atoms with Gasteiger partial charge in [0.2, 0.25) is 0 Å². The summed E-state index contributed by atoms with van der Waals surface area (Å²) < 4.78 is 10.4. The van der Waals surface area contributed by atoms with E-state index in [-0.39, 0.29) is 24.3 Å². The Morgan fingerprint density at radius 3 is 2.18 bits per heavy atom. The van der Waals surface area contributed by atoms with Crippen molar-refractivity contribution in [3.8, 4) is 0 Å². The van der Waals surface area contributed by atoms with Crippen LogP contribution in [0.1, 0.15) is 64.7 Å². The third-order valence-electron chi connectivity index (χ3n) is 3.73. The highest BCUT2D eigenvalue weighted by Crippen LogP contribution is 2.37. The largest absolute Gasteiger partial charge is 0.457 e. The van der Waals surface area contributed by atoms with Gasteiger partial charge in [0.15, 0.2) is 6.10 Å². The van der Waals surface area contributed by atoms with E-state index < -0.39 is 0 Å². The lowest BCUT2D eigenvalue weighted by Gasteiger charge is -2.10. The maximum atomic E-state index is 11.1. The molecule has 2 rings (SSSR count). The zero-order valence-electron chi connectivity index (χ0n) is 10.8. The van der Waals surface area contributed by atoms with E-state index in [1.54, 1.807) is 0 Å². The molecule has 3 nitrogen and oxygen atoms in total. The number of rotatable bonds is 9. The molecule has 17 heavy (non-hydrogen) atoms. The molecule has 0 bridgehead atoms. The number of fused-ring (bicyclic) bond motifs is 1. The fourth-order valence-corrected chi connectivity index (χ4v) is 2.58. The van der Waals surface area contributed by atoms with E-state index in [1.165, 1.54) is 44.9 Å². The Labute approximate surface area is 104 Å². The molecule has 0 saturated carbocycles. The summed E-state index contributed by atoms with van der Waals surface area (Å²) in [5, 5.41) is 0. The van der Waals surface area contributed by atoms with E-state index in [0.29, 0.717) is 0 Å². The van der Waals surface area contributed by atoms with Gasteiger partial charge in [-0.3, -0.25) is 0 Å². The number of unbranched alkanes of at least 4 members (excludes halogenated alkanes) is 7. The molecule has 3 heteroatoms. The number of hydrogen-bond acceptors (Lipinski definition) is 3. The molecule has 0 N–H and O–H groups in total. The van der Waals surface area contributed by atoms with Crippen LogP contribution in [0.5, 0.6) is 0 Å². The monoisotopic (exact) mass is 240 g/mol. The SMILES string of the molecule is CCCCCCCCCC[C@@H]1OC(=O)[C@H]2O[C@@H]12. The van der Waals surface area contributed by atoms with Crippen LogP contribution in [-0.4, -0.2) is 24.3 Å². The van der Waals surface area contributed by atoms with E-state index in [0.717, 1.165) is 12.8 Å². The van der Waals surface area contributed by atoms with Gasteiger partial charge in [0.25, 0.3) is 0 Å². The number of epoxide rings is 1. The summed E-state index contributed by atoms with van der Waals surface area (Å²) in [6, 6.07) is 0. The Bertz CT molecular complexity index is 252. The number of esters is 1. The van der Waals surface area contributed by atoms with Gasteiger partial charge in [0, 0.05) is 0 Å². The maximum absolute atomic E-state index is 11.1. The van der Waals surface area contributed by atoms with Crippen molar-refractivity contribution >= 4 is 5.97 Å². The lowest BCUT2D eigenvalue weighted by Crippen LogP contribution is -2.15. The van der Waals surface area contributed by atoms with E-state index >= 15 is 0 Å². The van der Waals surface area contributed by atoms with Crippen molar-refractivity contribution in [2.45, 2.75) is 83.0 Å². The normalized spacial score (nSPS) is 30.2. The molecular weight excluding hydrogens is 216 g/mol. The van der Waals surface area contributed by atoms with Gasteiger partial charge < -0.3 is 9.47 Å². The first-order valence-electron chi connectivity index (χ1n) is 7.19. The molecule has 0 aromatic rings. The smallest absolute Gasteiger partial charge is 0.338 e. The molecule has 2 aliphatic rings. The van der Waals surface area contributed by atoms with Gasteiger partial charge in [0.1, 0.15) is 12.2 Å². The summed E-state index contributed by atoms with van der Waals surface area (Å²) in [7, 11) is 0. The van der Waals surface area contributed by atoms with Crippen molar-refractivity contribution in [2.75, 3.05) is 0 Å². The number of carbonyl (C=O) groups excluding carboxylic acids is 1. The maximum Gasteiger partial charge on any atom is 0.338 e. The minimum absolute atomic E-state index is 0.0626. The van der Waals surface area contributed by atoms with Crippen LogP contribution in [0.2, 0.25) is 0 Å². The summed E-state index contributed by atoms with van der Waals surface area (Å²) in [4.78, 5) is 11.1. The van der Waals surface area contributed by atoms with Gasteiger partial charge >= 0.3 is 5.97 Å². The van der Waals surface area contributed by atoms with Crippen LogP contribution < -0.4 is 0 Å². The van der Waals surface area contributed by atoms with Crippen LogP contribution in [0.25, 0.3) is 0 Å². The number of cyclic esters (lactones) is 1. The van der Waals surface area contributed by atoms with Crippen molar-refractivity contribution in [3.05, 3.63) is 0 Å². The van der Waals surface area contributed by atoms with Gasteiger partial charge in [-0.1, -0.05) is 51.9 Å². The van der Waals surface area contributed by atoms with Crippen LogP contribution >= 0.6 is 0 Å². The topological polar surface area (TPSA) is 38.8 Å². The summed E-state index contributed by atoms with van der Waals surface area (Å²) in [6.07, 6.45) is 11.5. The molecule has 0 aromatic heterocycles. The van der Waals surface area contributed by atoms with Crippen LogP contribution in [0, 0.1) is 0 Å². The molecule has 2 fully saturated rings. The van der Waals surface area contributed by atoms with E-state index in [4.69, 9.17) is 9.47 Å². The lowest BCUT2D eigenvalue weighted by molar-refractivity contribution is -0.149. The average Bonchev–Trinajstić information content (AvgIpc) is 3.05. The molecule has 0 aliphatic carbocycles. The second-order valence-electron chi connectivity index (χ2n) is 5.26. The first-order chi connectivity index (χ1) is 8.33. The predicted octanol–water partition coefficient (Wildman–Crippen LogP) is 3.21. The van der Waals surface area contributed by atoms with Gasteiger partial charge in [-0.2, -0.15) is 0 Å². The Morgan fingerprint density at radius 1 is 1.00 bits per heavy atom. The van der Waals surface area contributed by atoms with E-state index in [2.05, 4.69) is 6.92 Å². The molecule has 2 aliphatic heterocycles. The second kappa shape index (κ2) is 6.39. The zero-order chi connectivity index (χ0) is 12.1. The highest BCUT2D eigenvalue weighted by atomic mass is 16.7. The molecule has 2 heterocycles. The molecule has 0 spiro atoms. The Balaban J connectivity index is 1.41. The quantitative estimate of drug-likeness (QED) is 0.353. The molecule has 2 saturated heterocycles. The highest BCUT2D eigenvalue weighted by Gasteiger charge is 2.58. The van der Waals surface area contributed by atoms with Gasteiger partial charge in [-0.25, -0.2) is 4.79 Å². The van der Waals surface area contributed by atoms with Gasteiger partial charge in [-0.15, -0.1) is 0 Å². The number of hydrogen-bond donors (Lipinski definition) is 0. The average molecular weight is 240 g/mol. The van der Waals surface area contributed by atoms with Crippen molar-refractivity contribution in [1.82, 2.24) is 0 Å². The first-order valence-corrected chi connectivity index (χ1v) is 7.19. The highest BCUT2D eigenvalue weighted by molar-refractivity contribution is 5.81. The molecule has 0 aromatic carbocycles. The summed E-state index contributed by atoms with van der Waals surface area (Å²) in [6.45, 7) is 2.25. The molecule has 0 amide bonds. The number of ether oxygens (including phenoxy) is 2.